The van der Waals surface area contributed by atoms with Crippen LogP contribution in [0.3, 0.4) is 0 Å². The van der Waals surface area contributed by atoms with E-state index in [-0.39, 0.29) is 12.2 Å². The lowest BCUT2D eigenvalue weighted by Crippen LogP contribution is -2.21. The highest BCUT2D eigenvalue weighted by atomic mass is 16.6. The molecule has 21 heavy (non-hydrogen) atoms. The van der Waals surface area contributed by atoms with Gasteiger partial charge in [-0.1, -0.05) is 18.2 Å². The lowest BCUT2D eigenvalue weighted by molar-refractivity contribution is -0.388. The van der Waals surface area contributed by atoms with Crippen LogP contribution in [0.4, 0.5) is 17.3 Å². The van der Waals surface area contributed by atoms with Crippen LogP contribution in [0.25, 0.3) is 0 Å². The molecule has 7 heteroatoms. The molecule has 0 bridgehead atoms. The normalized spacial score (nSPS) is 10.1. The van der Waals surface area contributed by atoms with Crippen molar-refractivity contribution in [3.05, 3.63) is 46.3 Å². The Morgan fingerprint density at radius 2 is 2.10 bits per heavy atom. The molecule has 0 atom stereocenters. The first-order chi connectivity index (χ1) is 10.1. The van der Waals surface area contributed by atoms with Gasteiger partial charge in [-0.25, -0.2) is 0 Å². The predicted octanol–water partition coefficient (Wildman–Crippen LogP) is 2.69. The SMILES string of the molecule is Cc1nc([N+](=O)[O-])c(N(CCC#N)c2ccccc2)n1C. The minimum atomic E-state index is -0.495. The van der Waals surface area contributed by atoms with Crippen LogP contribution in [0.2, 0.25) is 0 Å². The summed E-state index contributed by atoms with van der Waals surface area (Å²) in [5.41, 5.74) is 0.791. The first-order valence-corrected chi connectivity index (χ1v) is 6.43. The Bertz CT molecular complexity index is 687. The van der Waals surface area contributed by atoms with E-state index in [4.69, 9.17) is 5.26 Å². The number of aryl methyl sites for hydroxylation is 1. The molecule has 0 aliphatic heterocycles. The van der Waals surface area contributed by atoms with E-state index in [0.717, 1.165) is 5.69 Å². The third kappa shape index (κ3) is 2.84. The molecule has 0 saturated carbocycles. The van der Waals surface area contributed by atoms with Gasteiger partial charge < -0.3 is 15.0 Å². The molecule has 7 nitrogen and oxygen atoms in total. The number of anilines is 2. The van der Waals surface area contributed by atoms with Crippen molar-refractivity contribution < 1.29 is 4.92 Å². The lowest BCUT2D eigenvalue weighted by Gasteiger charge is -2.23. The zero-order valence-electron chi connectivity index (χ0n) is 11.9. The van der Waals surface area contributed by atoms with Crippen LogP contribution >= 0.6 is 0 Å². The van der Waals surface area contributed by atoms with Crippen LogP contribution in [0, 0.1) is 28.4 Å². The maximum absolute atomic E-state index is 11.2. The summed E-state index contributed by atoms with van der Waals surface area (Å²) < 4.78 is 1.67. The molecule has 0 amide bonds. The second-order valence-electron chi connectivity index (χ2n) is 4.52. The van der Waals surface area contributed by atoms with Crippen molar-refractivity contribution in [1.82, 2.24) is 9.55 Å². The van der Waals surface area contributed by atoms with Gasteiger partial charge in [-0.15, -0.1) is 0 Å². The average Bonchev–Trinajstić information content (AvgIpc) is 2.78. The highest BCUT2D eigenvalue weighted by Crippen LogP contribution is 2.33. The van der Waals surface area contributed by atoms with Gasteiger partial charge in [0.25, 0.3) is 0 Å². The van der Waals surface area contributed by atoms with Gasteiger partial charge in [-0.2, -0.15) is 5.26 Å². The Hall–Kier alpha value is -2.88. The Morgan fingerprint density at radius 1 is 1.43 bits per heavy atom. The van der Waals surface area contributed by atoms with Crippen molar-refractivity contribution in [3.63, 3.8) is 0 Å². The standard InChI is InChI=1S/C14H15N5O2/c1-11-16-13(19(20)21)14(17(11)2)18(10-6-9-15)12-7-4-3-5-8-12/h3-5,7-8H,6,10H2,1-2H3. The first-order valence-electron chi connectivity index (χ1n) is 6.43. The molecule has 0 radical (unpaired) electrons. The Kier molecular flexibility index (Phi) is 4.18. The molecule has 2 aromatic rings. The van der Waals surface area contributed by atoms with E-state index in [1.807, 2.05) is 30.3 Å². The maximum Gasteiger partial charge on any atom is 0.407 e. The minimum Gasteiger partial charge on any atom is -0.358 e. The highest BCUT2D eigenvalue weighted by Gasteiger charge is 2.28. The third-order valence-electron chi connectivity index (χ3n) is 3.21. The number of hydrogen-bond donors (Lipinski definition) is 0. The molecule has 1 heterocycles. The molecule has 0 aliphatic rings. The van der Waals surface area contributed by atoms with Gasteiger partial charge >= 0.3 is 5.82 Å². The fourth-order valence-corrected chi connectivity index (χ4v) is 2.13. The molecule has 1 aromatic carbocycles. The van der Waals surface area contributed by atoms with E-state index in [9.17, 15) is 10.1 Å². The summed E-state index contributed by atoms with van der Waals surface area (Å²) in [7, 11) is 1.73. The van der Waals surface area contributed by atoms with Gasteiger partial charge in [0.05, 0.1) is 12.5 Å². The summed E-state index contributed by atoms with van der Waals surface area (Å²) in [5, 5.41) is 20.1. The number of rotatable bonds is 5. The van der Waals surface area contributed by atoms with Gasteiger partial charge in [0, 0.05) is 26.2 Å². The van der Waals surface area contributed by atoms with E-state index >= 15 is 0 Å². The molecule has 0 N–H and O–H groups in total. The maximum atomic E-state index is 11.2. The topological polar surface area (TPSA) is 88.0 Å². The Morgan fingerprint density at radius 3 is 2.67 bits per heavy atom. The first kappa shape index (κ1) is 14.5. The Balaban J connectivity index is 2.57. The van der Waals surface area contributed by atoms with E-state index < -0.39 is 4.92 Å². The molecule has 0 aliphatic carbocycles. The summed E-state index contributed by atoms with van der Waals surface area (Å²) in [4.78, 5) is 16.5. The third-order valence-corrected chi connectivity index (χ3v) is 3.21. The molecule has 108 valence electrons. The van der Waals surface area contributed by atoms with Crippen LogP contribution < -0.4 is 4.90 Å². The second kappa shape index (κ2) is 6.05. The largest absolute Gasteiger partial charge is 0.407 e. The second-order valence-corrected chi connectivity index (χ2v) is 4.52. The van der Waals surface area contributed by atoms with Crippen molar-refractivity contribution in [2.45, 2.75) is 13.3 Å². The number of nitrogens with zero attached hydrogens (tertiary/aromatic N) is 5. The Labute approximate surface area is 122 Å². The number of nitriles is 1. The van der Waals surface area contributed by atoms with Gasteiger partial charge in [-0.3, -0.25) is 4.57 Å². The van der Waals surface area contributed by atoms with Gasteiger partial charge in [0.2, 0.25) is 11.6 Å². The van der Waals surface area contributed by atoms with Crippen LogP contribution in [0.15, 0.2) is 30.3 Å². The molecule has 0 saturated heterocycles. The van der Waals surface area contributed by atoms with Crippen molar-refractivity contribution in [1.29, 1.82) is 5.26 Å². The van der Waals surface area contributed by atoms with Crippen LogP contribution in [0.5, 0.6) is 0 Å². The quantitative estimate of drug-likeness (QED) is 0.622. The zero-order valence-corrected chi connectivity index (χ0v) is 11.9. The molecular formula is C14H15N5O2. The van der Waals surface area contributed by atoms with Crippen LogP contribution in [-0.4, -0.2) is 21.0 Å². The smallest absolute Gasteiger partial charge is 0.358 e. The van der Waals surface area contributed by atoms with Crippen molar-refractivity contribution in [2.24, 2.45) is 7.05 Å². The van der Waals surface area contributed by atoms with Gasteiger partial charge in [0.15, 0.2) is 0 Å². The summed E-state index contributed by atoms with van der Waals surface area (Å²) in [6.45, 7) is 2.07. The van der Waals surface area contributed by atoms with E-state index in [0.29, 0.717) is 18.2 Å². The van der Waals surface area contributed by atoms with E-state index in [1.165, 1.54) is 0 Å². The van der Waals surface area contributed by atoms with Crippen molar-refractivity contribution in [2.75, 3.05) is 11.4 Å². The lowest BCUT2D eigenvalue weighted by atomic mass is 10.2. The van der Waals surface area contributed by atoms with Crippen LogP contribution in [-0.2, 0) is 7.05 Å². The fourth-order valence-electron chi connectivity index (χ4n) is 2.13. The predicted molar refractivity (Wildman–Crippen MR) is 78.3 cm³/mol. The summed E-state index contributed by atoms with van der Waals surface area (Å²) in [5.74, 6) is 0.741. The number of aromatic nitrogens is 2. The fraction of sp³-hybridized carbons (Fsp3) is 0.286. The average molecular weight is 285 g/mol. The van der Waals surface area contributed by atoms with Gasteiger partial charge in [0.1, 0.15) is 0 Å². The minimum absolute atomic E-state index is 0.197. The van der Waals surface area contributed by atoms with Crippen LogP contribution in [0.1, 0.15) is 12.2 Å². The van der Waals surface area contributed by atoms with Crippen molar-refractivity contribution in [3.8, 4) is 6.07 Å². The summed E-state index contributed by atoms with van der Waals surface area (Å²) in [6.07, 6.45) is 0.260. The molecule has 0 fully saturated rings. The molecule has 0 unspecified atom stereocenters. The van der Waals surface area contributed by atoms with E-state index in [2.05, 4.69) is 11.1 Å². The summed E-state index contributed by atoms with van der Waals surface area (Å²) >= 11 is 0. The highest BCUT2D eigenvalue weighted by molar-refractivity contribution is 5.67. The van der Waals surface area contributed by atoms with Crippen molar-refractivity contribution >= 4 is 17.3 Å². The number of hydrogen-bond acceptors (Lipinski definition) is 5. The molecule has 2 rings (SSSR count). The number of para-hydroxylation sites is 1. The van der Waals surface area contributed by atoms with E-state index in [1.54, 1.807) is 23.4 Å². The molecular weight excluding hydrogens is 270 g/mol. The zero-order chi connectivity index (χ0) is 15.4. The number of nitro groups is 1. The monoisotopic (exact) mass is 285 g/mol. The summed E-state index contributed by atoms with van der Waals surface area (Å²) in [6, 6.07) is 11.3. The molecule has 1 aromatic heterocycles. The van der Waals surface area contributed by atoms with Gasteiger partial charge in [-0.05, 0) is 22.0 Å². The number of benzene rings is 1. The molecule has 0 spiro atoms. The number of imidazole rings is 1.